The third kappa shape index (κ3) is 2.72. The summed E-state index contributed by atoms with van der Waals surface area (Å²) in [5.41, 5.74) is 9.57. The smallest absolute Gasteiger partial charge is 0.189 e. The van der Waals surface area contributed by atoms with Crippen LogP contribution in [0.3, 0.4) is 0 Å². The van der Waals surface area contributed by atoms with E-state index in [2.05, 4.69) is 22.0 Å². The molecule has 0 unspecified atom stereocenters. The minimum Gasteiger partial charge on any atom is -0.370 e. The summed E-state index contributed by atoms with van der Waals surface area (Å²) in [5.74, 6) is 0.459. The molecule has 98 valence electrons. The van der Waals surface area contributed by atoms with Crippen LogP contribution in [-0.2, 0) is 26.4 Å². The van der Waals surface area contributed by atoms with Gasteiger partial charge in [-0.2, -0.15) is 5.10 Å². The van der Waals surface area contributed by atoms with Gasteiger partial charge in [0, 0.05) is 13.6 Å². The quantitative estimate of drug-likeness (QED) is 0.471. The second kappa shape index (κ2) is 5.71. The zero-order valence-electron chi connectivity index (χ0n) is 10.9. The van der Waals surface area contributed by atoms with E-state index in [9.17, 15) is 0 Å². The predicted octanol–water partition coefficient (Wildman–Crippen LogP) is 0.889. The van der Waals surface area contributed by atoms with E-state index in [4.69, 9.17) is 5.73 Å². The molecule has 1 heterocycles. The van der Waals surface area contributed by atoms with Crippen molar-refractivity contribution < 1.29 is 0 Å². The lowest BCUT2D eigenvalue weighted by molar-refractivity contribution is 0.663. The van der Waals surface area contributed by atoms with Crippen LogP contribution in [0.2, 0.25) is 0 Å². The first kappa shape index (κ1) is 12.7. The zero-order valence-corrected chi connectivity index (χ0v) is 10.9. The maximum atomic E-state index is 5.76. The van der Waals surface area contributed by atoms with Gasteiger partial charge in [0.1, 0.15) is 0 Å². The lowest BCUT2D eigenvalue weighted by Gasteiger charge is -2.10. The summed E-state index contributed by atoms with van der Waals surface area (Å²) < 4.78 is 1.94. The Labute approximate surface area is 108 Å². The number of aliphatic imine (C=N–C) groups is 1. The number of aromatic nitrogens is 2. The summed E-state index contributed by atoms with van der Waals surface area (Å²) in [4.78, 5) is 4.35. The standard InChI is InChI=1S/C13H21N5/c1-3-8-15-13(14)16-9-12-10-6-4-5-7-11(10)17-18(12)2/h3H,1,4-9H2,2H3,(H3,14,15,16). The second-order valence-electron chi connectivity index (χ2n) is 4.57. The molecule has 5 heteroatoms. The molecule has 0 aliphatic heterocycles. The molecule has 0 radical (unpaired) electrons. The number of nitrogens with two attached hydrogens (primary N) is 1. The fourth-order valence-corrected chi connectivity index (χ4v) is 2.34. The molecule has 0 saturated carbocycles. The molecular formula is C13H21N5. The number of rotatable bonds is 4. The van der Waals surface area contributed by atoms with Crippen LogP contribution in [0, 0.1) is 0 Å². The fourth-order valence-electron chi connectivity index (χ4n) is 2.34. The van der Waals surface area contributed by atoms with Crippen molar-refractivity contribution in [3.05, 3.63) is 29.6 Å². The molecule has 5 nitrogen and oxygen atoms in total. The average Bonchev–Trinajstić information content (AvgIpc) is 2.69. The maximum absolute atomic E-state index is 5.76. The molecule has 2 rings (SSSR count). The van der Waals surface area contributed by atoms with Crippen molar-refractivity contribution in [3.63, 3.8) is 0 Å². The molecule has 0 bridgehead atoms. The zero-order chi connectivity index (χ0) is 13.0. The molecule has 0 fully saturated rings. The molecule has 0 saturated heterocycles. The van der Waals surface area contributed by atoms with Crippen LogP contribution in [0.15, 0.2) is 17.6 Å². The van der Waals surface area contributed by atoms with E-state index in [1.54, 1.807) is 6.08 Å². The highest BCUT2D eigenvalue weighted by molar-refractivity contribution is 5.77. The van der Waals surface area contributed by atoms with Crippen molar-refractivity contribution in [3.8, 4) is 0 Å². The molecule has 0 atom stereocenters. The predicted molar refractivity (Wildman–Crippen MR) is 73.4 cm³/mol. The van der Waals surface area contributed by atoms with Crippen molar-refractivity contribution in [2.75, 3.05) is 6.54 Å². The molecule has 1 aliphatic rings. The first-order valence-electron chi connectivity index (χ1n) is 6.40. The van der Waals surface area contributed by atoms with Crippen LogP contribution < -0.4 is 11.1 Å². The number of nitrogens with one attached hydrogen (secondary N) is 1. The van der Waals surface area contributed by atoms with Crippen LogP contribution in [0.5, 0.6) is 0 Å². The number of hydrogen-bond donors (Lipinski definition) is 2. The molecule has 0 amide bonds. The van der Waals surface area contributed by atoms with Gasteiger partial charge in [-0.3, -0.25) is 4.68 Å². The molecule has 3 N–H and O–H groups in total. The Bertz CT molecular complexity index is 458. The average molecular weight is 247 g/mol. The Hall–Kier alpha value is -1.78. The van der Waals surface area contributed by atoms with Crippen LogP contribution in [0.1, 0.15) is 29.8 Å². The highest BCUT2D eigenvalue weighted by Gasteiger charge is 2.18. The molecular weight excluding hydrogens is 226 g/mol. The van der Waals surface area contributed by atoms with Gasteiger partial charge >= 0.3 is 0 Å². The molecule has 18 heavy (non-hydrogen) atoms. The van der Waals surface area contributed by atoms with E-state index in [1.807, 2.05) is 11.7 Å². The molecule has 0 aromatic carbocycles. The normalized spacial score (nSPS) is 15.3. The third-order valence-corrected chi connectivity index (χ3v) is 3.28. The van der Waals surface area contributed by atoms with E-state index >= 15 is 0 Å². The highest BCUT2D eigenvalue weighted by Crippen LogP contribution is 2.23. The Morgan fingerprint density at radius 3 is 3.11 bits per heavy atom. The first-order chi connectivity index (χ1) is 8.72. The van der Waals surface area contributed by atoms with Crippen molar-refractivity contribution in [2.45, 2.75) is 32.2 Å². The van der Waals surface area contributed by atoms with Crippen LogP contribution in [0.4, 0.5) is 0 Å². The monoisotopic (exact) mass is 247 g/mol. The number of hydrogen-bond acceptors (Lipinski definition) is 2. The second-order valence-corrected chi connectivity index (χ2v) is 4.57. The Morgan fingerprint density at radius 1 is 1.56 bits per heavy atom. The van der Waals surface area contributed by atoms with Gasteiger partial charge < -0.3 is 11.1 Å². The lowest BCUT2D eigenvalue weighted by atomic mass is 9.96. The lowest BCUT2D eigenvalue weighted by Crippen LogP contribution is -2.31. The van der Waals surface area contributed by atoms with Gasteiger partial charge in [-0.1, -0.05) is 6.08 Å². The minimum atomic E-state index is 0.459. The van der Waals surface area contributed by atoms with Gasteiger partial charge in [0.15, 0.2) is 5.96 Å². The summed E-state index contributed by atoms with van der Waals surface area (Å²) in [6, 6.07) is 0. The van der Waals surface area contributed by atoms with E-state index in [1.165, 1.54) is 29.8 Å². The molecule has 1 aromatic rings. The van der Waals surface area contributed by atoms with Gasteiger partial charge in [-0.05, 0) is 31.2 Å². The van der Waals surface area contributed by atoms with Crippen molar-refractivity contribution in [2.24, 2.45) is 17.8 Å². The van der Waals surface area contributed by atoms with Crippen molar-refractivity contribution >= 4 is 5.96 Å². The Balaban J connectivity index is 2.09. The maximum Gasteiger partial charge on any atom is 0.189 e. The van der Waals surface area contributed by atoms with Crippen LogP contribution >= 0.6 is 0 Å². The molecule has 1 aromatic heterocycles. The number of fused-ring (bicyclic) bond motifs is 1. The van der Waals surface area contributed by atoms with E-state index in [0.717, 1.165) is 12.8 Å². The topological polar surface area (TPSA) is 68.2 Å². The van der Waals surface area contributed by atoms with Gasteiger partial charge in [0.25, 0.3) is 0 Å². The van der Waals surface area contributed by atoms with Gasteiger partial charge in [0.05, 0.1) is 17.9 Å². The number of aryl methyl sites for hydroxylation is 2. The third-order valence-electron chi connectivity index (χ3n) is 3.28. The van der Waals surface area contributed by atoms with Gasteiger partial charge in [-0.15, -0.1) is 6.58 Å². The van der Waals surface area contributed by atoms with E-state index < -0.39 is 0 Å². The van der Waals surface area contributed by atoms with Crippen molar-refractivity contribution in [1.29, 1.82) is 0 Å². The minimum absolute atomic E-state index is 0.459. The van der Waals surface area contributed by atoms with Crippen LogP contribution in [0.25, 0.3) is 0 Å². The van der Waals surface area contributed by atoms with E-state index in [-0.39, 0.29) is 0 Å². The fraction of sp³-hybridized carbons (Fsp3) is 0.538. The largest absolute Gasteiger partial charge is 0.370 e. The summed E-state index contributed by atoms with van der Waals surface area (Å²) in [7, 11) is 1.98. The summed E-state index contributed by atoms with van der Waals surface area (Å²) in [5, 5.41) is 7.54. The number of nitrogens with zero attached hydrogens (tertiary/aromatic N) is 3. The summed E-state index contributed by atoms with van der Waals surface area (Å²) in [6.45, 7) is 4.86. The summed E-state index contributed by atoms with van der Waals surface area (Å²) in [6.07, 6.45) is 6.47. The molecule has 0 spiro atoms. The van der Waals surface area contributed by atoms with Gasteiger partial charge in [-0.25, -0.2) is 4.99 Å². The van der Waals surface area contributed by atoms with Crippen molar-refractivity contribution in [1.82, 2.24) is 15.1 Å². The summed E-state index contributed by atoms with van der Waals surface area (Å²) >= 11 is 0. The number of guanidine groups is 1. The Morgan fingerprint density at radius 2 is 2.33 bits per heavy atom. The first-order valence-corrected chi connectivity index (χ1v) is 6.40. The van der Waals surface area contributed by atoms with E-state index in [0.29, 0.717) is 19.0 Å². The van der Waals surface area contributed by atoms with Crippen LogP contribution in [-0.4, -0.2) is 22.3 Å². The molecule has 1 aliphatic carbocycles. The SMILES string of the molecule is C=CCNC(N)=NCc1c2c(nn1C)CCCC2. The Kier molecular flexibility index (Phi) is 4.02. The highest BCUT2D eigenvalue weighted by atomic mass is 15.3. The van der Waals surface area contributed by atoms with Gasteiger partial charge in [0.2, 0.25) is 0 Å².